The number of aromatic nitrogens is 3. The first-order valence-electron chi connectivity index (χ1n) is 4.37. The number of rotatable bonds is 3. The van der Waals surface area contributed by atoms with E-state index in [9.17, 15) is 0 Å². The van der Waals surface area contributed by atoms with Gasteiger partial charge in [0.05, 0.1) is 24.1 Å². The lowest BCUT2D eigenvalue weighted by atomic mass is 10.4. The smallest absolute Gasteiger partial charge is 0.180 e. The molecule has 1 N–H and O–H groups in total. The molecule has 14 heavy (non-hydrogen) atoms. The molecule has 2 heterocycles. The lowest BCUT2D eigenvalue weighted by Crippen LogP contribution is -1.98. The molecule has 0 amide bonds. The maximum atomic E-state index is 5.10. The molecule has 0 aliphatic rings. The summed E-state index contributed by atoms with van der Waals surface area (Å²) in [4.78, 5) is 3.83. The monoisotopic (exact) mass is 192 g/mol. The summed E-state index contributed by atoms with van der Waals surface area (Å²) in [6.07, 6.45) is 5.05. The molecule has 2 aromatic rings. The van der Waals surface area contributed by atoms with Crippen LogP contribution in [0.1, 0.15) is 11.5 Å². The van der Waals surface area contributed by atoms with Gasteiger partial charge in [-0.05, 0) is 6.92 Å². The fourth-order valence-electron chi connectivity index (χ4n) is 1.28. The molecule has 74 valence electrons. The van der Waals surface area contributed by atoms with Crippen molar-refractivity contribution >= 4 is 5.69 Å². The van der Waals surface area contributed by atoms with Crippen molar-refractivity contribution in [2.24, 2.45) is 7.05 Å². The highest BCUT2D eigenvalue weighted by molar-refractivity contribution is 5.45. The number of hydrogen-bond donors (Lipinski definition) is 1. The number of anilines is 1. The first-order valence-corrected chi connectivity index (χ1v) is 4.37. The number of hydrogen-bond acceptors (Lipinski definition) is 4. The van der Waals surface area contributed by atoms with Gasteiger partial charge in [-0.2, -0.15) is 5.10 Å². The number of nitrogens with one attached hydrogen (secondary N) is 1. The van der Waals surface area contributed by atoms with Gasteiger partial charge in [0.25, 0.3) is 0 Å². The highest BCUT2D eigenvalue weighted by Crippen LogP contribution is 2.12. The lowest BCUT2D eigenvalue weighted by Gasteiger charge is -2.00. The minimum atomic E-state index is 0.631. The molecule has 0 saturated carbocycles. The van der Waals surface area contributed by atoms with Crippen LogP contribution in [0.25, 0.3) is 0 Å². The van der Waals surface area contributed by atoms with Gasteiger partial charge >= 0.3 is 0 Å². The van der Waals surface area contributed by atoms with Crippen molar-refractivity contribution in [2.45, 2.75) is 13.5 Å². The summed E-state index contributed by atoms with van der Waals surface area (Å²) in [7, 11) is 1.90. The van der Waals surface area contributed by atoms with Crippen molar-refractivity contribution < 1.29 is 4.42 Å². The molecule has 0 bridgehead atoms. The van der Waals surface area contributed by atoms with E-state index in [0.717, 1.165) is 17.1 Å². The Hall–Kier alpha value is -1.78. The molecule has 0 aromatic carbocycles. The summed E-state index contributed by atoms with van der Waals surface area (Å²) in [5.41, 5.74) is 2.00. The predicted octanol–water partition coefficient (Wildman–Crippen LogP) is 1.33. The first-order chi connectivity index (χ1) is 6.75. The fraction of sp³-hybridized carbons (Fsp3) is 0.333. The van der Waals surface area contributed by atoms with Crippen molar-refractivity contribution in [1.29, 1.82) is 0 Å². The zero-order valence-electron chi connectivity index (χ0n) is 8.19. The van der Waals surface area contributed by atoms with Crippen molar-refractivity contribution in [3.63, 3.8) is 0 Å². The summed E-state index contributed by atoms with van der Waals surface area (Å²) in [5, 5.41) is 7.44. The van der Waals surface area contributed by atoms with Gasteiger partial charge in [-0.1, -0.05) is 0 Å². The van der Waals surface area contributed by atoms with Gasteiger partial charge in [0.2, 0.25) is 0 Å². The van der Waals surface area contributed by atoms with E-state index in [1.165, 1.54) is 6.39 Å². The van der Waals surface area contributed by atoms with E-state index >= 15 is 0 Å². The van der Waals surface area contributed by atoms with Crippen LogP contribution in [0.4, 0.5) is 5.69 Å². The largest absolute Gasteiger partial charge is 0.447 e. The van der Waals surface area contributed by atoms with Gasteiger partial charge < -0.3 is 9.73 Å². The van der Waals surface area contributed by atoms with E-state index in [1.54, 1.807) is 10.9 Å². The van der Waals surface area contributed by atoms with Crippen molar-refractivity contribution in [2.75, 3.05) is 5.32 Å². The molecule has 0 aliphatic heterocycles. The molecule has 0 saturated heterocycles. The van der Waals surface area contributed by atoms with E-state index in [2.05, 4.69) is 15.4 Å². The number of aryl methyl sites for hydroxylation is 2. The van der Waals surface area contributed by atoms with Crippen LogP contribution in [0.2, 0.25) is 0 Å². The van der Waals surface area contributed by atoms with E-state index in [-0.39, 0.29) is 0 Å². The van der Waals surface area contributed by atoms with Gasteiger partial charge in [0.1, 0.15) is 5.76 Å². The van der Waals surface area contributed by atoms with E-state index in [4.69, 9.17) is 4.42 Å². The first kappa shape index (κ1) is 8.80. The second-order valence-electron chi connectivity index (χ2n) is 3.12. The fourth-order valence-corrected chi connectivity index (χ4v) is 1.28. The third-order valence-electron chi connectivity index (χ3n) is 1.95. The molecule has 0 aliphatic carbocycles. The second kappa shape index (κ2) is 3.53. The van der Waals surface area contributed by atoms with Crippen LogP contribution in [-0.4, -0.2) is 14.8 Å². The van der Waals surface area contributed by atoms with Crippen molar-refractivity contribution in [3.8, 4) is 0 Å². The van der Waals surface area contributed by atoms with Gasteiger partial charge in [-0.15, -0.1) is 0 Å². The average Bonchev–Trinajstić information content (AvgIpc) is 2.72. The van der Waals surface area contributed by atoms with Crippen molar-refractivity contribution in [1.82, 2.24) is 14.8 Å². The summed E-state index contributed by atoms with van der Waals surface area (Å²) >= 11 is 0. The standard InChI is InChI=1S/C9H12N4O/c1-7-9(5-13(2)12-7)11-4-8-3-10-6-14-8/h3,5-6,11H,4H2,1-2H3. The van der Waals surface area contributed by atoms with Gasteiger partial charge in [0.15, 0.2) is 6.39 Å². The molecule has 5 nitrogen and oxygen atoms in total. The Bertz CT molecular complexity index is 404. The molecular weight excluding hydrogens is 180 g/mol. The molecule has 0 unspecified atom stereocenters. The molecule has 2 aromatic heterocycles. The summed E-state index contributed by atoms with van der Waals surface area (Å²) in [5.74, 6) is 0.813. The predicted molar refractivity (Wildman–Crippen MR) is 51.8 cm³/mol. The Morgan fingerprint density at radius 1 is 1.57 bits per heavy atom. The van der Waals surface area contributed by atoms with Crippen LogP contribution < -0.4 is 5.32 Å². The maximum Gasteiger partial charge on any atom is 0.180 e. The van der Waals surface area contributed by atoms with E-state index < -0.39 is 0 Å². The number of oxazole rings is 1. The van der Waals surface area contributed by atoms with Crippen molar-refractivity contribution in [3.05, 3.63) is 30.2 Å². The Labute approximate surface area is 81.8 Å². The van der Waals surface area contributed by atoms with Crippen LogP contribution in [0.3, 0.4) is 0 Å². The summed E-state index contributed by atoms with van der Waals surface area (Å²) in [6.45, 7) is 2.59. The Morgan fingerprint density at radius 3 is 3.00 bits per heavy atom. The molecule has 0 spiro atoms. The number of nitrogens with zero attached hydrogens (tertiary/aromatic N) is 3. The third kappa shape index (κ3) is 1.76. The second-order valence-corrected chi connectivity index (χ2v) is 3.12. The van der Waals surface area contributed by atoms with Crippen LogP contribution in [0.5, 0.6) is 0 Å². The van der Waals surface area contributed by atoms with Crippen LogP contribution in [-0.2, 0) is 13.6 Å². The molecule has 2 rings (SSSR count). The van der Waals surface area contributed by atoms with Crippen LogP contribution >= 0.6 is 0 Å². The highest BCUT2D eigenvalue weighted by Gasteiger charge is 2.02. The van der Waals surface area contributed by atoms with Gasteiger partial charge in [0, 0.05) is 13.2 Å². The third-order valence-corrected chi connectivity index (χ3v) is 1.95. The Kier molecular flexibility index (Phi) is 2.22. The minimum absolute atomic E-state index is 0.631. The van der Waals surface area contributed by atoms with Crippen LogP contribution in [0.15, 0.2) is 23.2 Å². The molecule has 5 heteroatoms. The van der Waals surface area contributed by atoms with E-state index in [1.807, 2.05) is 20.2 Å². The Morgan fingerprint density at radius 2 is 2.43 bits per heavy atom. The van der Waals surface area contributed by atoms with Crippen LogP contribution in [0, 0.1) is 6.92 Å². The molecular formula is C9H12N4O. The average molecular weight is 192 g/mol. The molecule has 0 fully saturated rings. The van der Waals surface area contributed by atoms with Gasteiger partial charge in [-0.3, -0.25) is 4.68 Å². The summed E-state index contributed by atoms with van der Waals surface area (Å²) in [6, 6.07) is 0. The van der Waals surface area contributed by atoms with E-state index in [0.29, 0.717) is 6.54 Å². The highest BCUT2D eigenvalue weighted by atomic mass is 16.3. The molecule has 0 atom stereocenters. The topological polar surface area (TPSA) is 55.9 Å². The normalized spacial score (nSPS) is 10.4. The SMILES string of the molecule is Cc1nn(C)cc1NCc1cnco1. The quantitative estimate of drug-likeness (QED) is 0.797. The van der Waals surface area contributed by atoms with Gasteiger partial charge in [-0.25, -0.2) is 4.98 Å². The summed E-state index contributed by atoms with van der Waals surface area (Å²) < 4.78 is 6.88. The lowest BCUT2D eigenvalue weighted by molar-refractivity contribution is 0.511. The zero-order valence-corrected chi connectivity index (χ0v) is 8.19. The Balaban J connectivity index is 2.01. The zero-order chi connectivity index (χ0) is 9.97. The maximum absolute atomic E-state index is 5.10. The minimum Gasteiger partial charge on any atom is -0.447 e. The molecule has 0 radical (unpaired) electrons.